The van der Waals surface area contributed by atoms with Crippen LogP contribution in [0.15, 0.2) is 47.3 Å². The molecule has 1 aromatic carbocycles. The van der Waals surface area contributed by atoms with E-state index in [9.17, 15) is 4.79 Å². The van der Waals surface area contributed by atoms with Crippen molar-refractivity contribution in [2.45, 2.75) is 12.5 Å². The monoisotopic (exact) mass is 363 g/mol. The summed E-state index contributed by atoms with van der Waals surface area (Å²) in [7, 11) is 1.80. The van der Waals surface area contributed by atoms with E-state index in [1.54, 1.807) is 25.4 Å². The lowest BCUT2D eigenvalue weighted by atomic mass is 10.2. The van der Waals surface area contributed by atoms with E-state index in [0.717, 1.165) is 25.1 Å². The molecule has 2 aromatic rings. The maximum absolute atomic E-state index is 12.0. The zero-order chi connectivity index (χ0) is 18.1. The molecule has 2 heterocycles. The van der Waals surface area contributed by atoms with Crippen molar-refractivity contribution in [2.75, 3.05) is 20.1 Å². The lowest BCUT2D eigenvalue weighted by Gasteiger charge is -2.08. The Kier molecular flexibility index (Phi) is 7.31. The summed E-state index contributed by atoms with van der Waals surface area (Å²) in [6.07, 6.45) is 5.56. The van der Waals surface area contributed by atoms with Gasteiger partial charge in [-0.25, -0.2) is 4.98 Å². The summed E-state index contributed by atoms with van der Waals surface area (Å²) in [5.41, 5.74) is 5.69. The Morgan fingerprint density at radius 2 is 2.36 bits per heavy atom. The number of rotatable bonds is 4. The summed E-state index contributed by atoms with van der Waals surface area (Å²) < 4.78 is 5.49. The van der Waals surface area contributed by atoms with Gasteiger partial charge in [0.05, 0.1) is 6.20 Å². The van der Waals surface area contributed by atoms with Crippen LogP contribution in [0.5, 0.6) is 0 Å². The molecule has 0 saturated carbocycles. The molecule has 7 nitrogen and oxygen atoms in total. The van der Waals surface area contributed by atoms with Crippen LogP contribution in [0.25, 0.3) is 11.3 Å². The van der Waals surface area contributed by atoms with Gasteiger partial charge in [0, 0.05) is 42.6 Å². The van der Waals surface area contributed by atoms with Crippen LogP contribution < -0.4 is 21.7 Å². The Balaban J connectivity index is 0.000000399. The number of aromatic nitrogens is 1. The van der Waals surface area contributed by atoms with Crippen LogP contribution in [0.2, 0.25) is 5.02 Å². The smallest absolute Gasteiger partial charge is 0.307 e. The second kappa shape index (κ2) is 9.71. The Morgan fingerprint density at radius 1 is 1.52 bits per heavy atom. The van der Waals surface area contributed by atoms with E-state index in [4.69, 9.17) is 21.8 Å². The molecule has 0 aliphatic carbocycles. The molecule has 1 saturated heterocycles. The van der Waals surface area contributed by atoms with Crippen molar-refractivity contribution >= 4 is 17.5 Å². The van der Waals surface area contributed by atoms with Gasteiger partial charge >= 0.3 is 5.91 Å². The van der Waals surface area contributed by atoms with Gasteiger partial charge in [0.15, 0.2) is 5.76 Å². The molecule has 1 atom stereocenters. The summed E-state index contributed by atoms with van der Waals surface area (Å²) in [6, 6.07) is 7.37. The second-order valence-corrected chi connectivity index (χ2v) is 5.79. The molecule has 3 rings (SSSR count). The molecule has 1 fully saturated rings. The SMILES string of the molecule is CN/C=C\N.O=C(NC1CCNC1)c1ncc(-c2cccc(Cl)c2)o1. The predicted molar refractivity (Wildman–Crippen MR) is 98.1 cm³/mol. The number of benzene rings is 1. The number of oxazole rings is 1. The highest BCUT2D eigenvalue weighted by Crippen LogP contribution is 2.23. The number of nitrogens with one attached hydrogen (secondary N) is 3. The Hall–Kier alpha value is -2.51. The third-order valence-corrected chi connectivity index (χ3v) is 3.70. The Morgan fingerprint density at radius 3 is 2.96 bits per heavy atom. The summed E-state index contributed by atoms with van der Waals surface area (Å²) in [5.74, 6) is 0.320. The maximum Gasteiger partial charge on any atom is 0.307 e. The quantitative estimate of drug-likeness (QED) is 0.659. The highest BCUT2D eigenvalue weighted by atomic mass is 35.5. The maximum atomic E-state index is 12.0. The van der Waals surface area contributed by atoms with Crippen molar-refractivity contribution in [3.05, 3.63) is 53.8 Å². The molecular weight excluding hydrogens is 342 g/mol. The number of carbonyl (C=O) groups is 1. The molecule has 1 amide bonds. The molecule has 1 aliphatic heterocycles. The molecule has 25 heavy (non-hydrogen) atoms. The van der Waals surface area contributed by atoms with Gasteiger partial charge in [0.25, 0.3) is 5.89 Å². The number of nitrogens with two attached hydrogens (primary N) is 1. The number of hydrogen-bond acceptors (Lipinski definition) is 6. The molecule has 0 bridgehead atoms. The third kappa shape index (κ3) is 5.81. The van der Waals surface area contributed by atoms with Crippen molar-refractivity contribution < 1.29 is 9.21 Å². The summed E-state index contributed by atoms with van der Waals surface area (Å²) in [6.45, 7) is 1.71. The summed E-state index contributed by atoms with van der Waals surface area (Å²) >= 11 is 5.93. The van der Waals surface area contributed by atoms with E-state index < -0.39 is 0 Å². The first-order valence-corrected chi connectivity index (χ1v) is 8.29. The first-order chi connectivity index (χ1) is 12.1. The van der Waals surface area contributed by atoms with E-state index in [2.05, 4.69) is 20.9 Å². The van der Waals surface area contributed by atoms with Crippen molar-refractivity contribution in [2.24, 2.45) is 5.73 Å². The summed E-state index contributed by atoms with van der Waals surface area (Å²) in [4.78, 5) is 16.0. The van der Waals surface area contributed by atoms with Gasteiger partial charge < -0.3 is 26.1 Å². The zero-order valence-electron chi connectivity index (χ0n) is 14.0. The lowest BCUT2D eigenvalue weighted by Crippen LogP contribution is -2.36. The average Bonchev–Trinajstić information content (AvgIpc) is 3.28. The molecule has 1 aliphatic rings. The zero-order valence-corrected chi connectivity index (χ0v) is 14.7. The minimum atomic E-state index is -0.285. The van der Waals surface area contributed by atoms with Gasteiger partial charge in [-0.05, 0) is 25.1 Å². The predicted octanol–water partition coefficient (Wildman–Crippen LogP) is 1.72. The van der Waals surface area contributed by atoms with Gasteiger partial charge in [-0.3, -0.25) is 4.79 Å². The van der Waals surface area contributed by atoms with Crippen molar-refractivity contribution in [3.8, 4) is 11.3 Å². The fourth-order valence-corrected chi connectivity index (χ4v) is 2.47. The summed E-state index contributed by atoms with van der Waals surface area (Å²) in [5, 5.41) is 9.40. The minimum Gasteiger partial charge on any atom is -0.432 e. The van der Waals surface area contributed by atoms with Crippen LogP contribution in [0.4, 0.5) is 0 Å². The number of carbonyl (C=O) groups excluding carboxylic acids is 1. The van der Waals surface area contributed by atoms with Crippen molar-refractivity contribution in [3.63, 3.8) is 0 Å². The van der Waals surface area contributed by atoms with Gasteiger partial charge in [0.2, 0.25) is 0 Å². The number of nitrogens with zero attached hydrogens (tertiary/aromatic N) is 1. The van der Waals surface area contributed by atoms with Crippen LogP contribution in [0, 0.1) is 0 Å². The largest absolute Gasteiger partial charge is 0.432 e. The number of amides is 1. The van der Waals surface area contributed by atoms with Gasteiger partial charge in [-0.1, -0.05) is 23.7 Å². The lowest BCUT2D eigenvalue weighted by molar-refractivity contribution is 0.0906. The molecule has 0 radical (unpaired) electrons. The first-order valence-electron chi connectivity index (χ1n) is 7.91. The molecular formula is C17H22ClN5O2. The van der Waals surface area contributed by atoms with Crippen LogP contribution in [-0.2, 0) is 0 Å². The Labute approximate surface area is 151 Å². The standard InChI is InChI=1S/C14H14ClN3O2.C3H8N2/c15-10-3-1-2-9(6-10)12-8-17-14(20-12)13(19)18-11-4-5-16-7-11;1-5-3-2-4/h1-3,6,8,11,16H,4-5,7H2,(H,18,19);2-3,5H,4H2,1H3/b;3-2-. The van der Waals surface area contributed by atoms with E-state index in [1.165, 1.54) is 12.4 Å². The Bertz CT molecular complexity index is 711. The van der Waals surface area contributed by atoms with Crippen LogP contribution in [0.1, 0.15) is 17.1 Å². The first kappa shape index (κ1) is 18.8. The van der Waals surface area contributed by atoms with Crippen molar-refractivity contribution in [1.29, 1.82) is 0 Å². The molecule has 1 unspecified atom stereocenters. The number of hydrogen-bond donors (Lipinski definition) is 4. The number of halogens is 1. The van der Waals surface area contributed by atoms with E-state index in [-0.39, 0.29) is 17.8 Å². The normalized spacial score (nSPS) is 16.3. The molecule has 5 N–H and O–H groups in total. The van der Waals surface area contributed by atoms with Gasteiger partial charge in [0.1, 0.15) is 0 Å². The minimum absolute atomic E-state index is 0.0758. The highest BCUT2D eigenvalue weighted by Gasteiger charge is 2.20. The molecule has 8 heteroatoms. The highest BCUT2D eigenvalue weighted by molar-refractivity contribution is 6.30. The fraction of sp³-hybridized carbons (Fsp3) is 0.294. The topological polar surface area (TPSA) is 105 Å². The van der Waals surface area contributed by atoms with E-state index in [0.29, 0.717) is 10.8 Å². The molecule has 0 spiro atoms. The molecule has 1 aromatic heterocycles. The van der Waals surface area contributed by atoms with Gasteiger partial charge in [-0.2, -0.15) is 0 Å². The van der Waals surface area contributed by atoms with Crippen LogP contribution >= 0.6 is 11.6 Å². The van der Waals surface area contributed by atoms with E-state index >= 15 is 0 Å². The third-order valence-electron chi connectivity index (χ3n) is 3.47. The molecule has 134 valence electrons. The average molecular weight is 364 g/mol. The van der Waals surface area contributed by atoms with Crippen molar-refractivity contribution in [1.82, 2.24) is 20.9 Å². The van der Waals surface area contributed by atoms with Crippen LogP contribution in [-0.4, -0.2) is 37.1 Å². The van der Waals surface area contributed by atoms with Crippen LogP contribution in [0.3, 0.4) is 0 Å². The van der Waals surface area contributed by atoms with E-state index in [1.807, 2.05) is 12.1 Å². The fourth-order valence-electron chi connectivity index (χ4n) is 2.28. The van der Waals surface area contributed by atoms with Gasteiger partial charge in [-0.15, -0.1) is 0 Å². The second-order valence-electron chi connectivity index (χ2n) is 5.35.